The molecule has 0 saturated carbocycles. The van der Waals surface area contributed by atoms with Gasteiger partial charge in [-0.3, -0.25) is 19.9 Å². The van der Waals surface area contributed by atoms with Crippen LogP contribution in [0.4, 0.5) is 5.95 Å². The molecule has 4 heterocycles. The maximum absolute atomic E-state index is 13.4. The Morgan fingerprint density at radius 3 is 2.56 bits per heavy atom. The minimum atomic E-state index is -0.294. The lowest BCUT2D eigenvalue weighted by molar-refractivity contribution is -0.126. The van der Waals surface area contributed by atoms with Crippen LogP contribution in [0, 0.1) is 13.8 Å². The van der Waals surface area contributed by atoms with Crippen LogP contribution in [0.1, 0.15) is 46.9 Å². The molecule has 11 heteroatoms. The molecule has 2 aromatic heterocycles. The summed E-state index contributed by atoms with van der Waals surface area (Å²) in [4.78, 5) is 37.0. The van der Waals surface area contributed by atoms with Crippen LogP contribution < -0.4 is 14.8 Å². The Bertz CT molecular complexity index is 1420. The second kappa shape index (κ2) is 13.1. The van der Waals surface area contributed by atoms with Crippen molar-refractivity contribution in [2.45, 2.75) is 39.2 Å². The largest absolute Gasteiger partial charge is 0.487 e. The van der Waals surface area contributed by atoms with Crippen molar-refractivity contribution in [1.82, 2.24) is 19.4 Å². The number of ether oxygens (including phenoxy) is 4. The van der Waals surface area contributed by atoms with Gasteiger partial charge >= 0.3 is 0 Å². The molecular formula is C30H37N5O6. The summed E-state index contributed by atoms with van der Waals surface area (Å²) in [6.07, 6.45) is 5.57. The number of aryl methyl sites for hydroxylation is 2. The Labute approximate surface area is 239 Å². The van der Waals surface area contributed by atoms with Crippen LogP contribution >= 0.6 is 0 Å². The van der Waals surface area contributed by atoms with Crippen molar-refractivity contribution < 1.29 is 28.5 Å². The normalized spacial score (nSPS) is 18.6. The first-order valence-electron chi connectivity index (χ1n) is 14.1. The minimum absolute atomic E-state index is 0.112. The first-order valence-corrected chi connectivity index (χ1v) is 14.1. The maximum Gasteiger partial charge on any atom is 0.258 e. The minimum Gasteiger partial charge on any atom is -0.487 e. The van der Waals surface area contributed by atoms with Crippen LogP contribution in [-0.2, 0) is 14.3 Å². The van der Waals surface area contributed by atoms with Crippen molar-refractivity contribution in [3.8, 4) is 11.5 Å². The number of amides is 2. The highest BCUT2D eigenvalue weighted by Gasteiger charge is 2.29. The Morgan fingerprint density at radius 1 is 1.05 bits per heavy atom. The molecule has 3 aromatic rings. The van der Waals surface area contributed by atoms with E-state index in [1.807, 2.05) is 29.4 Å². The van der Waals surface area contributed by atoms with Crippen molar-refractivity contribution in [2.75, 3.05) is 58.0 Å². The number of benzene rings is 1. The smallest absolute Gasteiger partial charge is 0.258 e. The summed E-state index contributed by atoms with van der Waals surface area (Å²) in [6, 6.07) is 5.11. The molecule has 0 bridgehead atoms. The molecule has 1 saturated heterocycles. The van der Waals surface area contributed by atoms with Gasteiger partial charge in [0, 0.05) is 42.2 Å². The molecule has 0 aliphatic carbocycles. The number of imidazole rings is 1. The van der Waals surface area contributed by atoms with Gasteiger partial charge in [-0.05, 0) is 51.3 Å². The fraction of sp³-hybridized carbons (Fsp3) is 0.467. The maximum atomic E-state index is 13.4. The number of pyridine rings is 1. The molecule has 11 nitrogen and oxygen atoms in total. The molecule has 2 aliphatic heterocycles. The Morgan fingerprint density at radius 2 is 1.80 bits per heavy atom. The monoisotopic (exact) mass is 563 g/mol. The average molecular weight is 564 g/mol. The summed E-state index contributed by atoms with van der Waals surface area (Å²) in [6.45, 7) is 11.1. The lowest BCUT2D eigenvalue weighted by Crippen LogP contribution is -2.34. The van der Waals surface area contributed by atoms with E-state index < -0.39 is 0 Å². The molecule has 1 fully saturated rings. The molecule has 0 unspecified atom stereocenters. The second-order valence-electron chi connectivity index (χ2n) is 10.2. The molecule has 5 rings (SSSR count). The SMILES string of the molecule is C=CC(=O)N1CCCC[C@@H](n2c(NC(=O)c3ccnc(C)c3)nc3cc4c(c(C)c32)OCCOCCOCCO4)C1. The van der Waals surface area contributed by atoms with E-state index in [0.717, 1.165) is 36.0 Å². The van der Waals surface area contributed by atoms with Crippen molar-refractivity contribution in [1.29, 1.82) is 0 Å². The molecule has 218 valence electrons. The summed E-state index contributed by atoms with van der Waals surface area (Å²) >= 11 is 0. The van der Waals surface area contributed by atoms with Crippen LogP contribution in [-0.4, -0.2) is 84.0 Å². The van der Waals surface area contributed by atoms with E-state index >= 15 is 0 Å². The van der Waals surface area contributed by atoms with Gasteiger partial charge in [0.2, 0.25) is 11.9 Å². The number of carbonyl (C=O) groups excluding carboxylic acids is 2. The lowest BCUT2D eigenvalue weighted by Gasteiger charge is -2.27. The molecule has 2 amide bonds. The van der Waals surface area contributed by atoms with Gasteiger partial charge < -0.3 is 28.4 Å². The molecule has 41 heavy (non-hydrogen) atoms. The number of hydrogen-bond donors (Lipinski definition) is 1. The van der Waals surface area contributed by atoms with Gasteiger partial charge in [-0.2, -0.15) is 0 Å². The van der Waals surface area contributed by atoms with Gasteiger partial charge in [0.05, 0.1) is 43.5 Å². The molecule has 0 spiro atoms. The summed E-state index contributed by atoms with van der Waals surface area (Å²) in [5, 5.41) is 3.04. The van der Waals surface area contributed by atoms with E-state index in [4.69, 9.17) is 23.9 Å². The lowest BCUT2D eigenvalue weighted by atomic mass is 10.1. The van der Waals surface area contributed by atoms with E-state index in [9.17, 15) is 9.59 Å². The van der Waals surface area contributed by atoms with Crippen molar-refractivity contribution in [2.24, 2.45) is 0 Å². The van der Waals surface area contributed by atoms with E-state index in [2.05, 4.69) is 16.9 Å². The topological polar surface area (TPSA) is 117 Å². The zero-order chi connectivity index (χ0) is 28.8. The van der Waals surface area contributed by atoms with Gasteiger partial charge in [-0.25, -0.2) is 4.98 Å². The number of fused-ring (bicyclic) bond motifs is 2. The molecule has 2 aliphatic rings. The van der Waals surface area contributed by atoms with Crippen molar-refractivity contribution >= 4 is 28.8 Å². The zero-order valence-electron chi connectivity index (χ0n) is 23.7. The van der Waals surface area contributed by atoms with Crippen LogP contribution in [0.2, 0.25) is 0 Å². The number of rotatable bonds is 4. The van der Waals surface area contributed by atoms with E-state index in [1.165, 1.54) is 6.08 Å². The second-order valence-corrected chi connectivity index (χ2v) is 10.2. The first kappa shape index (κ1) is 28.6. The molecule has 1 aromatic carbocycles. The van der Waals surface area contributed by atoms with Gasteiger partial charge in [-0.15, -0.1) is 0 Å². The molecule has 1 atom stereocenters. The van der Waals surface area contributed by atoms with Crippen LogP contribution in [0.3, 0.4) is 0 Å². The number of nitrogens with zero attached hydrogens (tertiary/aromatic N) is 4. The number of carbonyl (C=O) groups is 2. The Kier molecular flexibility index (Phi) is 9.15. The number of nitrogens with one attached hydrogen (secondary N) is 1. The molecule has 1 N–H and O–H groups in total. The molecule has 0 radical (unpaired) electrons. The van der Waals surface area contributed by atoms with Gasteiger partial charge in [0.25, 0.3) is 5.91 Å². The van der Waals surface area contributed by atoms with Crippen LogP contribution in [0.15, 0.2) is 37.1 Å². The molecular weight excluding hydrogens is 526 g/mol. The Balaban J connectivity index is 1.62. The predicted molar refractivity (Wildman–Crippen MR) is 154 cm³/mol. The van der Waals surface area contributed by atoms with Gasteiger partial charge in [0.15, 0.2) is 11.5 Å². The third kappa shape index (κ3) is 6.52. The highest BCUT2D eigenvalue weighted by atomic mass is 16.6. The van der Waals surface area contributed by atoms with Crippen LogP contribution in [0.25, 0.3) is 11.0 Å². The standard InChI is InChI=1S/C30H37N5O6/c1-4-26(36)34-10-6-5-7-23(19-34)35-27-21(3)28-25(40-15-13-38-11-12-39-14-16-41-28)18-24(27)32-30(35)33-29(37)22-8-9-31-20(2)17-22/h4,8-9,17-18,23H,1,5-7,10-16,19H2,2-3H3,(H,32,33,37)/t23-/m1/s1. The summed E-state index contributed by atoms with van der Waals surface area (Å²) in [5.41, 5.74) is 3.52. The van der Waals surface area contributed by atoms with E-state index in [1.54, 1.807) is 18.3 Å². The zero-order valence-corrected chi connectivity index (χ0v) is 23.7. The highest BCUT2D eigenvalue weighted by Crippen LogP contribution is 2.41. The third-order valence-corrected chi connectivity index (χ3v) is 7.34. The van der Waals surface area contributed by atoms with Gasteiger partial charge in [-0.1, -0.05) is 6.58 Å². The average Bonchev–Trinajstić information content (AvgIpc) is 3.14. The van der Waals surface area contributed by atoms with E-state index in [0.29, 0.717) is 81.3 Å². The first-order chi connectivity index (χ1) is 20.0. The quantitative estimate of drug-likeness (QED) is 0.476. The van der Waals surface area contributed by atoms with E-state index in [-0.39, 0.29) is 17.9 Å². The van der Waals surface area contributed by atoms with Crippen molar-refractivity contribution in [3.05, 3.63) is 53.9 Å². The number of anilines is 1. The fourth-order valence-electron chi connectivity index (χ4n) is 5.39. The summed E-state index contributed by atoms with van der Waals surface area (Å²) in [5.74, 6) is 1.14. The van der Waals surface area contributed by atoms with Crippen molar-refractivity contribution in [3.63, 3.8) is 0 Å². The van der Waals surface area contributed by atoms with Crippen LogP contribution in [0.5, 0.6) is 11.5 Å². The predicted octanol–water partition coefficient (Wildman–Crippen LogP) is 3.84. The summed E-state index contributed by atoms with van der Waals surface area (Å²) < 4.78 is 25.6. The number of hydrogen-bond acceptors (Lipinski definition) is 8. The third-order valence-electron chi connectivity index (χ3n) is 7.34. The number of likely N-dealkylation sites (tertiary alicyclic amines) is 1. The Hall–Kier alpha value is -3.96. The summed E-state index contributed by atoms with van der Waals surface area (Å²) in [7, 11) is 0. The number of aromatic nitrogens is 3. The fourth-order valence-corrected chi connectivity index (χ4v) is 5.39. The highest BCUT2D eigenvalue weighted by molar-refractivity contribution is 6.04. The van der Waals surface area contributed by atoms with Gasteiger partial charge in [0.1, 0.15) is 13.2 Å².